The molecule has 4 nitrogen and oxygen atoms in total. The van der Waals surface area contributed by atoms with E-state index < -0.39 is 6.04 Å². The molecular formula is C7H9ClN2O2. The summed E-state index contributed by atoms with van der Waals surface area (Å²) in [6, 6.07) is 2.27. The number of nitrogens with one attached hydrogen (secondary N) is 1. The lowest BCUT2D eigenvalue weighted by atomic mass is 10.1. The van der Waals surface area contributed by atoms with E-state index in [9.17, 15) is 4.79 Å². The molecule has 12 heavy (non-hydrogen) atoms. The highest BCUT2D eigenvalue weighted by Gasteiger charge is 2.08. The van der Waals surface area contributed by atoms with E-state index in [-0.39, 0.29) is 17.3 Å². The van der Waals surface area contributed by atoms with Crippen LogP contribution < -0.4 is 11.3 Å². The van der Waals surface area contributed by atoms with Crippen LogP contribution in [-0.2, 0) is 0 Å². The van der Waals surface area contributed by atoms with E-state index in [1.54, 1.807) is 0 Å². The van der Waals surface area contributed by atoms with Crippen LogP contribution in [0.4, 0.5) is 0 Å². The first kappa shape index (κ1) is 9.25. The maximum Gasteiger partial charge on any atom is 0.249 e. The quantitative estimate of drug-likeness (QED) is 0.573. The molecule has 5 heteroatoms. The van der Waals surface area contributed by atoms with Crippen molar-refractivity contribution >= 4 is 11.6 Å². The number of hydrogen-bond acceptors (Lipinski definition) is 3. The number of H-pyrrole nitrogens is 1. The molecule has 66 valence electrons. The molecule has 0 bridgehead atoms. The predicted octanol–water partition coefficient (Wildman–Crippen LogP) is 0.0204. The maximum atomic E-state index is 10.7. The zero-order valence-corrected chi connectivity index (χ0v) is 7.01. The van der Waals surface area contributed by atoms with Crippen molar-refractivity contribution in [3.05, 3.63) is 33.2 Å². The molecule has 1 heterocycles. The number of aromatic nitrogens is 1. The molecule has 0 amide bonds. The summed E-state index contributed by atoms with van der Waals surface area (Å²) in [5.41, 5.74) is 5.75. The fourth-order valence-electron chi connectivity index (χ4n) is 0.845. The van der Waals surface area contributed by atoms with Crippen LogP contribution in [0, 0.1) is 0 Å². The summed E-state index contributed by atoms with van der Waals surface area (Å²) in [6.45, 7) is -0.203. The van der Waals surface area contributed by atoms with Crippen molar-refractivity contribution in [1.29, 1.82) is 0 Å². The smallest absolute Gasteiger partial charge is 0.249 e. The number of aliphatic hydroxyl groups excluding tert-OH is 1. The molecule has 1 atom stereocenters. The highest BCUT2D eigenvalue weighted by molar-refractivity contribution is 6.30. The van der Waals surface area contributed by atoms with Crippen LogP contribution in [0.2, 0.25) is 5.15 Å². The molecule has 0 fully saturated rings. The van der Waals surface area contributed by atoms with Gasteiger partial charge in [0.15, 0.2) is 0 Å². The largest absolute Gasteiger partial charge is 0.394 e. The van der Waals surface area contributed by atoms with Crippen molar-refractivity contribution in [1.82, 2.24) is 4.98 Å². The van der Waals surface area contributed by atoms with Gasteiger partial charge in [0.2, 0.25) is 5.56 Å². The van der Waals surface area contributed by atoms with E-state index in [0.29, 0.717) is 5.56 Å². The van der Waals surface area contributed by atoms with E-state index in [1.165, 1.54) is 12.1 Å². The van der Waals surface area contributed by atoms with Gasteiger partial charge in [-0.15, -0.1) is 0 Å². The topological polar surface area (TPSA) is 79.1 Å². The van der Waals surface area contributed by atoms with E-state index in [4.69, 9.17) is 22.4 Å². The summed E-state index contributed by atoms with van der Waals surface area (Å²) < 4.78 is 0. The second-order valence-corrected chi connectivity index (χ2v) is 2.76. The minimum atomic E-state index is -0.547. The monoisotopic (exact) mass is 188 g/mol. The van der Waals surface area contributed by atoms with E-state index >= 15 is 0 Å². The summed E-state index contributed by atoms with van der Waals surface area (Å²) in [6.07, 6.45) is 0. The highest BCUT2D eigenvalue weighted by Crippen LogP contribution is 2.16. The standard InChI is InChI=1S/C7H9ClN2O2/c8-7-4(5(9)3-11)1-2-6(12)10-7/h1-2,5,11H,3,9H2,(H,10,12)/t5-/m0/s1. The summed E-state index contributed by atoms with van der Waals surface area (Å²) >= 11 is 5.66. The molecule has 1 rings (SSSR count). The molecular weight excluding hydrogens is 180 g/mol. The number of hydrogen-bond donors (Lipinski definition) is 3. The Balaban J connectivity index is 3.09. The maximum absolute atomic E-state index is 10.7. The molecule has 4 N–H and O–H groups in total. The lowest BCUT2D eigenvalue weighted by Crippen LogP contribution is -2.17. The average Bonchev–Trinajstić information content (AvgIpc) is 2.03. The minimum absolute atomic E-state index is 0.184. The molecule has 0 unspecified atom stereocenters. The second-order valence-electron chi connectivity index (χ2n) is 2.38. The van der Waals surface area contributed by atoms with Crippen LogP contribution in [0.5, 0.6) is 0 Å². The van der Waals surface area contributed by atoms with Crippen LogP contribution in [-0.4, -0.2) is 16.7 Å². The number of aliphatic hydroxyl groups is 1. The van der Waals surface area contributed by atoms with Crippen molar-refractivity contribution < 1.29 is 5.11 Å². The van der Waals surface area contributed by atoms with Crippen LogP contribution in [0.1, 0.15) is 11.6 Å². The van der Waals surface area contributed by atoms with Gasteiger partial charge in [0, 0.05) is 11.6 Å². The summed E-state index contributed by atoms with van der Waals surface area (Å²) in [5, 5.41) is 8.89. The Morgan fingerprint density at radius 2 is 2.33 bits per heavy atom. The molecule has 0 aliphatic heterocycles. The zero-order valence-electron chi connectivity index (χ0n) is 6.25. The lowest BCUT2D eigenvalue weighted by molar-refractivity contribution is 0.268. The fourth-order valence-corrected chi connectivity index (χ4v) is 1.14. The highest BCUT2D eigenvalue weighted by atomic mass is 35.5. The Morgan fingerprint density at radius 3 is 2.83 bits per heavy atom. The Labute approximate surface area is 74.0 Å². The van der Waals surface area contributed by atoms with Gasteiger partial charge in [0.25, 0.3) is 0 Å². The van der Waals surface area contributed by atoms with Gasteiger partial charge in [-0.3, -0.25) is 4.79 Å². The average molecular weight is 189 g/mol. The molecule has 0 saturated heterocycles. The first-order valence-electron chi connectivity index (χ1n) is 3.40. The van der Waals surface area contributed by atoms with Crippen LogP contribution >= 0.6 is 11.6 Å². The first-order chi connectivity index (χ1) is 5.65. The summed E-state index contributed by atoms with van der Waals surface area (Å²) in [7, 11) is 0. The van der Waals surface area contributed by atoms with Crippen molar-refractivity contribution in [3.63, 3.8) is 0 Å². The SMILES string of the molecule is N[C@@H](CO)c1ccc(=O)[nH]c1Cl. The van der Waals surface area contributed by atoms with Crippen molar-refractivity contribution in [2.75, 3.05) is 6.61 Å². The number of rotatable bonds is 2. The fraction of sp³-hybridized carbons (Fsp3) is 0.286. The van der Waals surface area contributed by atoms with Gasteiger partial charge < -0.3 is 15.8 Å². The van der Waals surface area contributed by atoms with Gasteiger partial charge in [-0.25, -0.2) is 0 Å². The van der Waals surface area contributed by atoms with Gasteiger partial charge in [0.1, 0.15) is 5.15 Å². The van der Waals surface area contributed by atoms with E-state index in [0.717, 1.165) is 0 Å². The van der Waals surface area contributed by atoms with Gasteiger partial charge in [-0.2, -0.15) is 0 Å². The minimum Gasteiger partial charge on any atom is -0.394 e. The van der Waals surface area contributed by atoms with Crippen LogP contribution in [0.25, 0.3) is 0 Å². The lowest BCUT2D eigenvalue weighted by Gasteiger charge is -2.08. The second kappa shape index (κ2) is 3.71. The van der Waals surface area contributed by atoms with Gasteiger partial charge >= 0.3 is 0 Å². The molecule has 1 aromatic heterocycles. The third kappa shape index (κ3) is 1.85. The number of aromatic amines is 1. The Kier molecular flexibility index (Phi) is 2.86. The van der Waals surface area contributed by atoms with E-state index in [1.807, 2.05) is 0 Å². The molecule has 0 aliphatic rings. The van der Waals surface area contributed by atoms with Gasteiger partial charge in [-0.1, -0.05) is 11.6 Å². The molecule has 0 aromatic carbocycles. The zero-order chi connectivity index (χ0) is 9.14. The third-order valence-electron chi connectivity index (χ3n) is 1.50. The van der Waals surface area contributed by atoms with Crippen LogP contribution in [0.3, 0.4) is 0 Å². The third-order valence-corrected chi connectivity index (χ3v) is 1.81. The van der Waals surface area contributed by atoms with Gasteiger partial charge in [-0.05, 0) is 6.07 Å². The summed E-state index contributed by atoms with van der Waals surface area (Å²) in [4.78, 5) is 13.1. The van der Waals surface area contributed by atoms with Crippen molar-refractivity contribution in [2.45, 2.75) is 6.04 Å². The molecule has 0 aliphatic carbocycles. The Morgan fingerprint density at radius 1 is 1.67 bits per heavy atom. The molecule has 0 spiro atoms. The van der Waals surface area contributed by atoms with Crippen molar-refractivity contribution in [3.8, 4) is 0 Å². The Bertz CT molecular complexity index is 323. The Hall–Kier alpha value is -0.840. The number of nitrogens with two attached hydrogens (primary N) is 1. The van der Waals surface area contributed by atoms with Crippen LogP contribution in [0.15, 0.2) is 16.9 Å². The normalized spacial score (nSPS) is 12.9. The first-order valence-corrected chi connectivity index (χ1v) is 3.78. The molecule has 0 saturated carbocycles. The number of pyridine rings is 1. The van der Waals surface area contributed by atoms with Gasteiger partial charge in [0.05, 0.1) is 12.6 Å². The summed E-state index contributed by atoms with van der Waals surface area (Å²) in [5.74, 6) is 0. The van der Waals surface area contributed by atoms with Crippen molar-refractivity contribution in [2.24, 2.45) is 5.73 Å². The predicted molar refractivity (Wildman–Crippen MR) is 46.1 cm³/mol. The van der Waals surface area contributed by atoms with E-state index in [2.05, 4.69) is 4.98 Å². The molecule has 0 radical (unpaired) electrons. The number of halogens is 1. The molecule has 1 aromatic rings.